The molecule has 4 aromatic rings. The lowest BCUT2D eigenvalue weighted by Gasteiger charge is -2.51. The predicted molar refractivity (Wildman–Crippen MR) is 199 cm³/mol. The molecule has 4 aromatic carbocycles. The quantitative estimate of drug-likeness (QED) is 0.136. The van der Waals surface area contributed by atoms with E-state index in [9.17, 15) is 0 Å². The Bertz CT molecular complexity index is 1770. The summed E-state index contributed by atoms with van der Waals surface area (Å²) in [5, 5.41) is 4.78. The fourth-order valence-corrected chi connectivity index (χ4v) is 18.7. The lowest BCUT2D eigenvalue weighted by atomic mass is 10.0. The van der Waals surface area contributed by atoms with Crippen molar-refractivity contribution in [2.45, 2.75) is 52.7 Å². The molecule has 0 aliphatic heterocycles. The van der Waals surface area contributed by atoms with Gasteiger partial charge in [0, 0.05) is 5.25 Å². The minimum Gasteiger partial charge on any atom is -0.157 e. The molecule has 2 heteroatoms. The summed E-state index contributed by atoms with van der Waals surface area (Å²) >= 11 is 0. The van der Waals surface area contributed by atoms with Gasteiger partial charge in [-0.2, -0.15) is 10.0 Å². The third-order valence-electron chi connectivity index (χ3n) is 10.1. The summed E-state index contributed by atoms with van der Waals surface area (Å²) in [7, 11) is -4.24. The highest BCUT2D eigenvalue weighted by Gasteiger charge is 2.53. The highest BCUT2D eigenvalue weighted by Crippen LogP contribution is 2.73. The molecular weight excluding hydrogens is 577 g/mol. The zero-order valence-corrected chi connectivity index (χ0v) is 28.0. The first-order chi connectivity index (χ1) is 22.2. The molecule has 0 bridgehead atoms. The second-order valence-electron chi connectivity index (χ2n) is 12.6. The largest absolute Gasteiger partial charge is 0.158 e. The monoisotopic (exact) mass is 618 g/mol. The van der Waals surface area contributed by atoms with E-state index in [1.54, 1.807) is 4.91 Å². The maximum absolute atomic E-state index is 2.68. The molecule has 0 aromatic heterocycles. The maximum atomic E-state index is 2.68. The molecule has 0 amide bonds. The van der Waals surface area contributed by atoms with E-state index in [1.807, 2.05) is 0 Å². The lowest BCUT2D eigenvalue weighted by molar-refractivity contribution is 0.739. The van der Waals surface area contributed by atoms with Crippen molar-refractivity contribution in [3.05, 3.63) is 187 Å². The highest BCUT2D eigenvalue weighted by molar-refractivity contribution is 8.37. The first-order valence-electron chi connectivity index (χ1n) is 16.3. The van der Waals surface area contributed by atoms with Crippen LogP contribution in [-0.4, -0.2) is 13.3 Å². The van der Waals surface area contributed by atoms with Crippen molar-refractivity contribution in [2.24, 2.45) is 0 Å². The Balaban J connectivity index is 1.57. The normalized spacial score (nSPS) is 22.9. The summed E-state index contributed by atoms with van der Waals surface area (Å²) in [6.07, 6.45) is 30.2. The van der Waals surface area contributed by atoms with E-state index in [-0.39, 0.29) is 5.04 Å². The average molecular weight is 619 g/mol. The van der Waals surface area contributed by atoms with Gasteiger partial charge in [-0.1, -0.05) is 165 Å². The molecule has 3 aliphatic carbocycles. The number of hydrogen-bond donors (Lipinski definition) is 0. The molecule has 3 atom stereocenters. The third kappa shape index (κ3) is 5.01. The molecule has 7 rings (SSSR count). The van der Waals surface area contributed by atoms with Crippen LogP contribution in [0.25, 0.3) is 0 Å². The molecule has 0 fully saturated rings. The second-order valence-corrected chi connectivity index (χ2v) is 20.3. The van der Waals surface area contributed by atoms with Gasteiger partial charge in [0.05, 0.1) is 0 Å². The topological polar surface area (TPSA) is 0 Å². The zero-order chi connectivity index (χ0) is 30.6. The van der Waals surface area contributed by atoms with Gasteiger partial charge in [-0.25, -0.2) is 0 Å². The molecule has 45 heavy (non-hydrogen) atoms. The van der Waals surface area contributed by atoms with Crippen LogP contribution in [0.4, 0.5) is 0 Å². The van der Waals surface area contributed by atoms with Crippen molar-refractivity contribution >= 4 is 33.7 Å². The smallest absolute Gasteiger partial charge is 0.157 e. The number of allylic oxidation sites excluding steroid dienone is 11. The van der Waals surface area contributed by atoms with Gasteiger partial charge < -0.3 is 0 Å². The summed E-state index contributed by atoms with van der Waals surface area (Å²) in [5.74, 6) is 0. The third-order valence-corrected chi connectivity index (χ3v) is 20.2. The average Bonchev–Trinajstić information content (AvgIpc) is 3.12. The van der Waals surface area contributed by atoms with Gasteiger partial charge in [0.25, 0.3) is 0 Å². The molecule has 0 radical (unpaired) electrons. The zero-order valence-electron chi connectivity index (χ0n) is 26.1. The molecule has 224 valence electrons. The van der Waals surface area contributed by atoms with Crippen molar-refractivity contribution in [1.82, 2.24) is 0 Å². The van der Waals surface area contributed by atoms with Gasteiger partial charge in [-0.15, -0.1) is 0 Å². The van der Waals surface area contributed by atoms with Crippen molar-refractivity contribution < 1.29 is 0 Å². The molecule has 3 unspecified atom stereocenters. The van der Waals surface area contributed by atoms with Crippen molar-refractivity contribution in [3.63, 3.8) is 0 Å². The van der Waals surface area contributed by atoms with Crippen molar-refractivity contribution in [3.8, 4) is 0 Å². The first kappa shape index (κ1) is 29.6. The summed E-state index contributed by atoms with van der Waals surface area (Å²) in [6.45, 7) is 2.52. The van der Waals surface area contributed by atoms with Crippen LogP contribution < -0.4 is 15.6 Å². The molecule has 0 heterocycles. The number of hydrogen-bond acceptors (Lipinski definition) is 0. The van der Waals surface area contributed by atoms with Crippen LogP contribution in [-0.2, 0) is 0 Å². The van der Waals surface area contributed by atoms with E-state index in [0.29, 0.717) is 5.25 Å². The predicted octanol–water partition coefficient (Wildman–Crippen LogP) is 9.77. The van der Waals surface area contributed by atoms with E-state index in [4.69, 9.17) is 0 Å². The van der Waals surface area contributed by atoms with Gasteiger partial charge in [0.2, 0.25) is 0 Å². The summed E-state index contributed by atoms with van der Waals surface area (Å²) in [6, 6.07) is 44.4. The number of benzene rings is 4. The van der Waals surface area contributed by atoms with E-state index < -0.39 is 18.1 Å². The summed E-state index contributed by atoms with van der Waals surface area (Å²) in [5.41, 5.74) is 0. The minimum absolute atomic E-state index is 0.0475. The molecule has 0 nitrogen and oxygen atoms in total. The summed E-state index contributed by atoms with van der Waals surface area (Å²) in [4.78, 5) is 4.55. The van der Waals surface area contributed by atoms with Crippen LogP contribution in [0.15, 0.2) is 197 Å². The van der Waals surface area contributed by atoms with E-state index in [1.165, 1.54) is 25.4 Å². The van der Waals surface area contributed by atoms with Crippen molar-refractivity contribution in [1.29, 1.82) is 0 Å². The summed E-state index contributed by atoms with van der Waals surface area (Å²) < 4.78 is 0. The Kier molecular flexibility index (Phi) is 8.36. The van der Waals surface area contributed by atoms with E-state index >= 15 is 0 Å². The molecule has 0 saturated heterocycles. The Morgan fingerprint density at radius 2 is 1.27 bits per heavy atom. The second kappa shape index (κ2) is 12.7. The molecule has 0 saturated carbocycles. The van der Waals surface area contributed by atoms with Gasteiger partial charge in [0.1, 0.15) is 0 Å². The highest BCUT2D eigenvalue weighted by atomic mass is 32.3. The standard InChI is InChI=1S/C43H42SSi/c1-43(33-18-7-19-34-43)45(40-28-14-5-15-29-40,41-30-16-6-17-31-41)42-32-20-27-39(35-42)44(36-21-8-2-9-22-36,37-23-10-3-11-24-37)38-25-12-4-13-26-38/h2-12,14-23,25,27-33,35,37H,13,24,26,34H2,1H3. The van der Waals surface area contributed by atoms with Gasteiger partial charge in [-0.05, 0) is 85.2 Å². The lowest BCUT2D eigenvalue weighted by Crippen LogP contribution is -2.73. The number of rotatable bonds is 8. The first-order valence-corrected chi connectivity index (χ1v) is 20.0. The molecular formula is C43H42SSi. The van der Waals surface area contributed by atoms with Crippen LogP contribution in [0.3, 0.4) is 0 Å². The van der Waals surface area contributed by atoms with Gasteiger partial charge in [-0.3, -0.25) is 0 Å². The Morgan fingerprint density at radius 3 is 1.87 bits per heavy atom. The molecule has 0 spiro atoms. The van der Waals surface area contributed by atoms with Crippen LogP contribution in [0.1, 0.15) is 32.6 Å². The van der Waals surface area contributed by atoms with Crippen LogP contribution in [0.2, 0.25) is 5.04 Å². The molecule has 0 N–H and O–H groups in total. The Morgan fingerprint density at radius 1 is 0.622 bits per heavy atom. The van der Waals surface area contributed by atoms with E-state index in [0.717, 1.165) is 25.7 Å². The van der Waals surface area contributed by atoms with Crippen LogP contribution >= 0.6 is 10.0 Å². The fourth-order valence-electron chi connectivity index (χ4n) is 8.09. The van der Waals surface area contributed by atoms with Crippen LogP contribution in [0, 0.1) is 0 Å². The van der Waals surface area contributed by atoms with Gasteiger partial charge >= 0.3 is 0 Å². The minimum atomic E-state index is -2.65. The van der Waals surface area contributed by atoms with E-state index in [2.05, 4.69) is 189 Å². The fraction of sp³-hybridized carbons (Fsp3) is 0.163. The SMILES string of the molecule is CC1([Si](c2ccccc2)(c2ccccc2)c2cccc(S(C3=CC=CCC3)(c3ccccc3)C3C=CC=CC3)c2)C=CC=CC1. The van der Waals surface area contributed by atoms with Gasteiger partial charge in [0.15, 0.2) is 8.07 Å². The Hall–Kier alpha value is -4.11. The maximum Gasteiger partial charge on any atom is 0.158 e. The van der Waals surface area contributed by atoms with Crippen LogP contribution in [0.5, 0.6) is 0 Å². The Labute approximate surface area is 272 Å². The van der Waals surface area contributed by atoms with Crippen molar-refractivity contribution in [2.75, 3.05) is 0 Å². The molecule has 3 aliphatic rings.